The number of carbonyl (C=O) groups excluding carboxylic acids is 1. The van der Waals surface area contributed by atoms with Gasteiger partial charge in [0.2, 0.25) is 17.8 Å². The molecule has 0 unspecified atom stereocenters. The Kier molecular flexibility index (Phi) is 13.6. The second-order valence-electron chi connectivity index (χ2n) is 9.10. The summed E-state index contributed by atoms with van der Waals surface area (Å²) < 4.78 is 10.7. The first kappa shape index (κ1) is 30.7. The largest absolute Gasteiger partial charge is 0.378 e. The summed E-state index contributed by atoms with van der Waals surface area (Å²) in [6, 6.07) is 17.7. The molecular weight excluding hydrogens is 508 g/mol. The molecule has 3 rings (SSSR count). The molecule has 0 atom stereocenters. The zero-order chi connectivity index (χ0) is 28.4. The highest BCUT2D eigenvalue weighted by Gasteiger charge is 2.12. The number of carbonyl (C=O) groups is 1. The van der Waals surface area contributed by atoms with Crippen molar-refractivity contribution in [1.82, 2.24) is 20.3 Å². The third-order valence-corrected chi connectivity index (χ3v) is 6.04. The highest BCUT2D eigenvalue weighted by atomic mass is 16.5. The van der Waals surface area contributed by atoms with Crippen LogP contribution in [-0.4, -0.2) is 73.0 Å². The van der Waals surface area contributed by atoms with Gasteiger partial charge in [-0.2, -0.15) is 15.0 Å². The molecule has 11 nitrogen and oxygen atoms in total. The molecule has 40 heavy (non-hydrogen) atoms. The Labute approximate surface area is 236 Å². The smallest absolute Gasteiger partial charge is 0.251 e. The molecule has 0 aliphatic carbocycles. The predicted octanol–water partition coefficient (Wildman–Crippen LogP) is 3.59. The van der Waals surface area contributed by atoms with Gasteiger partial charge < -0.3 is 36.5 Å². The van der Waals surface area contributed by atoms with Gasteiger partial charge in [0.25, 0.3) is 5.91 Å². The lowest BCUT2D eigenvalue weighted by Gasteiger charge is -2.16. The van der Waals surface area contributed by atoms with E-state index in [-0.39, 0.29) is 11.9 Å². The SMILES string of the molecule is CCC(CC)Nc1nc(NCCc2ccccc2)nc(Nc2cccc(C(=O)NCCOCCOCCN)c2)n1. The minimum Gasteiger partial charge on any atom is -0.378 e. The molecule has 6 N–H and O–H groups in total. The second-order valence-corrected chi connectivity index (χ2v) is 9.10. The van der Waals surface area contributed by atoms with Crippen LogP contribution in [0.15, 0.2) is 54.6 Å². The van der Waals surface area contributed by atoms with Crippen molar-refractivity contribution in [3.8, 4) is 0 Å². The van der Waals surface area contributed by atoms with Crippen molar-refractivity contribution in [2.45, 2.75) is 39.2 Å². The number of rotatable bonds is 19. The molecule has 0 saturated carbocycles. The Morgan fingerprint density at radius 3 is 2.33 bits per heavy atom. The number of aromatic nitrogens is 3. The van der Waals surface area contributed by atoms with E-state index < -0.39 is 0 Å². The van der Waals surface area contributed by atoms with Gasteiger partial charge in [0.1, 0.15) is 0 Å². The quantitative estimate of drug-likeness (QED) is 0.140. The fraction of sp³-hybridized carbons (Fsp3) is 0.448. The number of nitrogens with two attached hydrogens (primary N) is 1. The number of hydrogen-bond donors (Lipinski definition) is 5. The van der Waals surface area contributed by atoms with Crippen LogP contribution < -0.4 is 27.0 Å². The van der Waals surface area contributed by atoms with Gasteiger partial charge in [-0.3, -0.25) is 4.79 Å². The molecule has 1 amide bonds. The van der Waals surface area contributed by atoms with E-state index in [1.54, 1.807) is 12.1 Å². The van der Waals surface area contributed by atoms with Crippen LogP contribution in [0.25, 0.3) is 0 Å². The second kappa shape index (κ2) is 17.7. The fourth-order valence-electron chi connectivity index (χ4n) is 3.83. The lowest BCUT2D eigenvalue weighted by molar-refractivity contribution is 0.0511. The van der Waals surface area contributed by atoms with E-state index in [1.165, 1.54) is 5.56 Å². The lowest BCUT2D eigenvalue weighted by atomic mass is 10.1. The number of hydrogen-bond acceptors (Lipinski definition) is 10. The minimum atomic E-state index is -0.193. The summed E-state index contributed by atoms with van der Waals surface area (Å²) in [5, 5.41) is 12.8. The van der Waals surface area contributed by atoms with E-state index in [0.717, 1.165) is 19.3 Å². The molecule has 0 saturated heterocycles. The van der Waals surface area contributed by atoms with Crippen LogP contribution in [0, 0.1) is 0 Å². The van der Waals surface area contributed by atoms with E-state index in [4.69, 9.17) is 15.2 Å². The van der Waals surface area contributed by atoms with E-state index in [0.29, 0.717) is 75.2 Å². The van der Waals surface area contributed by atoms with Gasteiger partial charge in [0, 0.05) is 36.9 Å². The van der Waals surface area contributed by atoms with Crippen molar-refractivity contribution in [3.05, 3.63) is 65.7 Å². The van der Waals surface area contributed by atoms with Crippen LogP contribution in [0.5, 0.6) is 0 Å². The summed E-state index contributed by atoms with van der Waals surface area (Å²) in [5.74, 6) is 1.16. The first-order chi connectivity index (χ1) is 19.6. The van der Waals surface area contributed by atoms with Crippen molar-refractivity contribution in [1.29, 1.82) is 0 Å². The van der Waals surface area contributed by atoms with Crippen LogP contribution >= 0.6 is 0 Å². The first-order valence-corrected chi connectivity index (χ1v) is 13.9. The van der Waals surface area contributed by atoms with Gasteiger partial charge in [-0.1, -0.05) is 50.2 Å². The number of nitrogens with one attached hydrogen (secondary N) is 4. The average Bonchev–Trinajstić information content (AvgIpc) is 2.98. The highest BCUT2D eigenvalue weighted by molar-refractivity contribution is 5.95. The van der Waals surface area contributed by atoms with Crippen LogP contribution in [0.2, 0.25) is 0 Å². The van der Waals surface area contributed by atoms with Gasteiger partial charge >= 0.3 is 0 Å². The van der Waals surface area contributed by atoms with Gasteiger partial charge in [-0.25, -0.2) is 0 Å². The van der Waals surface area contributed by atoms with Crippen molar-refractivity contribution < 1.29 is 14.3 Å². The molecule has 0 spiro atoms. The molecule has 0 aliphatic rings. The van der Waals surface area contributed by atoms with Crippen molar-refractivity contribution >= 4 is 29.4 Å². The standard InChI is InChI=1S/C29H42N8O3/c1-3-24(4-2)33-28-35-27(32-15-13-22-9-6-5-7-10-22)36-29(37-28)34-25-12-8-11-23(21-25)26(38)31-16-18-40-20-19-39-17-14-30/h5-12,21,24H,3-4,13-20,30H2,1-2H3,(H,31,38)(H3,32,33,34,35,36,37). The summed E-state index contributed by atoms with van der Waals surface area (Å²) in [6.45, 7) is 7.65. The highest BCUT2D eigenvalue weighted by Crippen LogP contribution is 2.18. The molecule has 3 aromatic rings. The predicted molar refractivity (Wildman–Crippen MR) is 159 cm³/mol. The number of benzene rings is 2. The molecule has 11 heteroatoms. The Hall–Kier alpha value is -3.80. The number of amides is 1. The summed E-state index contributed by atoms with van der Waals surface area (Å²) in [5.41, 5.74) is 7.82. The Morgan fingerprint density at radius 2 is 1.57 bits per heavy atom. The van der Waals surface area contributed by atoms with Gasteiger partial charge in [0.15, 0.2) is 0 Å². The van der Waals surface area contributed by atoms with Crippen LogP contribution in [0.4, 0.5) is 23.5 Å². The van der Waals surface area contributed by atoms with Crippen LogP contribution in [0.3, 0.4) is 0 Å². The van der Waals surface area contributed by atoms with Gasteiger partial charge in [-0.05, 0) is 43.0 Å². The maximum absolute atomic E-state index is 12.7. The molecule has 216 valence electrons. The van der Waals surface area contributed by atoms with Crippen LogP contribution in [-0.2, 0) is 15.9 Å². The Bertz CT molecular complexity index is 1150. The van der Waals surface area contributed by atoms with Gasteiger partial charge in [0.05, 0.1) is 26.4 Å². The third-order valence-electron chi connectivity index (χ3n) is 6.04. The van der Waals surface area contributed by atoms with Gasteiger partial charge in [-0.15, -0.1) is 0 Å². The first-order valence-electron chi connectivity index (χ1n) is 13.9. The zero-order valence-corrected chi connectivity index (χ0v) is 23.5. The number of ether oxygens (including phenoxy) is 2. The molecule has 0 fully saturated rings. The third kappa shape index (κ3) is 11.1. The molecule has 0 aliphatic heterocycles. The monoisotopic (exact) mass is 550 g/mol. The van der Waals surface area contributed by atoms with E-state index in [9.17, 15) is 4.79 Å². The molecule has 1 aromatic heterocycles. The van der Waals surface area contributed by atoms with Crippen molar-refractivity contribution in [2.24, 2.45) is 5.73 Å². The summed E-state index contributed by atoms with van der Waals surface area (Å²) in [6.07, 6.45) is 2.74. The Balaban J connectivity index is 1.61. The summed E-state index contributed by atoms with van der Waals surface area (Å²) in [7, 11) is 0. The zero-order valence-electron chi connectivity index (χ0n) is 23.5. The molecule has 2 aromatic carbocycles. The van der Waals surface area contributed by atoms with E-state index >= 15 is 0 Å². The van der Waals surface area contributed by atoms with E-state index in [1.807, 2.05) is 30.3 Å². The number of anilines is 4. The van der Waals surface area contributed by atoms with Crippen molar-refractivity contribution in [2.75, 3.05) is 62.0 Å². The topological polar surface area (TPSA) is 148 Å². The lowest BCUT2D eigenvalue weighted by Crippen LogP contribution is -2.27. The van der Waals surface area contributed by atoms with Crippen molar-refractivity contribution in [3.63, 3.8) is 0 Å². The number of nitrogens with zero attached hydrogens (tertiary/aromatic N) is 3. The molecule has 0 radical (unpaired) electrons. The maximum atomic E-state index is 12.7. The molecular formula is C29H42N8O3. The molecule has 0 bridgehead atoms. The average molecular weight is 551 g/mol. The summed E-state index contributed by atoms with van der Waals surface area (Å²) >= 11 is 0. The van der Waals surface area contributed by atoms with Crippen LogP contribution in [0.1, 0.15) is 42.6 Å². The fourth-order valence-corrected chi connectivity index (χ4v) is 3.83. The maximum Gasteiger partial charge on any atom is 0.251 e. The minimum absolute atomic E-state index is 0.193. The van der Waals surface area contributed by atoms with E-state index in [2.05, 4.69) is 62.2 Å². The normalized spacial score (nSPS) is 10.9. The molecule has 1 heterocycles. The Morgan fingerprint density at radius 1 is 0.850 bits per heavy atom. The summed E-state index contributed by atoms with van der Waals surface area (Å²) in [4.78, 5) is 26.4.